The SMILES string of the molecule is Cc1ccc(-c2ccnc3c(C(=O)Nc4ccc(OC(F)F)c(Cl)c4)cnn23)cc1. The molecule has 0 saturated carbocycles. The molecule has 4 rings (SSSR count). The maximum absolute atomic E-state index is 12.8. The summed E-state index contributed by atoms with van der Waals surface area (Å²) in [6.45, 7) is -0.990. The number of anilines is 1. The Bertz CT molecular complexity index is 1230. The van der Waals surface area contributed by atoms with Gasteiger partial charge in [0.25, 0.3) is 5.91 Å². The second-order valence-electron chi connectivity index (χ2n) is 6.47. The van der Waals surface area contributed by atoms with Crippen LogP contribution in [-0.2, 0) is 0 Å². The Morgan fingerprint density at radius 1 is 1.17 bits per heavy atom. The van der Waals surface area contributed by atoms with E-state index in [4.69, 9.17) is 11.6 Å². The average molecular weight is 429 g/mol. The maximum atomic E-state index is 12.8. The summed E-state index contributed by atoms with van der Waals surface area (Å²) in [6, 6.07) is 13.7. The smallest absolute Gasteiger partial charge is 0.387 e. The van der Waals surface area contributed by atoms with Crippen LogP contribution in [0.1, 0.15) is 15.9 Å². The molecule has 30 heavy (non-hydrogen) atoms. The van der Waals surface area contributed by atoms with E-state index in [-0.39, 0.29) is 16.3 Å². The van der Waals surface area contributed by atoms with Gasteiger partial charge in [0.05, 0.1) is 16.9 Å². The van der Waals surface area contributed by atoms with Gasteiger partial charge in [-0.2, -0.15) is 13.9 Å². The molecule has 2 aromatic heterocycles. The molecular weight excluding hydrogens is 414 g/mol. The second-order valence-corrected chi connectivity index (χ2v) is 6.87. The van der Waals surface area contributed by atoms with Crippen molar-refractivity contribution in [3.8, 4) is 17.0 Å². The molecule has 0 saturated heterocycles. The summed E-state index contributed by atoms with van der Waals surface area (Å²) in [5.74, 6) is -0.637. The highest BCUT2D eigenvalue weighted by atomic mass is 35.5. The predicted molar refractivity (Wildman–Crippen MR) is 109 cm³/mol. The number of carbonyl (C=O) groups is 1. The van der Waals surface area contributed by atoms with Crippen molar-refractivity contribution in [2.45, 2.75) is 13.5 Å². The first-order chi connectivity index (χ1) is 14.4. The van der Waals surface area contributed by atoms with Crippen molar-refractivity contribution in [3.63, 3.8) is 0 Å². The van der Waals surface area contributed by atoms with E-state index >= 15 is 0 Å². The van der Waals surface area contributed by atoms with Crippen LogP contribution in [0.4, 0.5) is 14.5 Å². The van der Waals surface area contributed by atoms with E-state index in [2.05, 4.69) is 20.1 Å². The highest BCUT2D eigenvalue weighted by Crippen LogP contribution is 2.29. The fourth-order valence-electron chi connectivity index (χ4n) is 2.96. The molecule has 2 heterocycles. The van der Waals surface area contributed by atoms with Crippen LogP contribution in [0.25, 0.3) is 16.9 Å². The fraction of sp³-hybridized carbons (Fsp3) is 0.0952. The Morgan fingerprint density at radius 3 is 2.63 bits per heavy atom. The van der Waals surface area contributed by atoms with E-state index in [0.717, 1.165) is 16.8 Å². The lowest BCUT2D eigenvalue weighted by Crippen LogP contribution is -2.12. The van der Waals surface area contributed by atoms with Crippen LogP contribution < -0.4 is 10.1 Å². The number of aryl methyl sites for hydroxylation is 1. The maximum Gasteiger partial charge on any atom is 0.387 e. The van der Waals surface area contributed by atoms with Crippen molar-refractivity contribution >= 4 is 28.8 Å². The highest BCUT2D eigenvalue weighted by molar-refractivity contribution is 6.32. The minimum Gasteiger partial charge on any atom is -0.433 e. The van der Waals surface area contributed by atoms with Gasteiger partial charge in [0.15, 0.2) is 5.65 Å². The molecular formula is C21H15ClF2N4O2. The summed E-state index contributed by atoms with van der Waals surface area (Å²) < 4.78 is 30.6. The number of alkyl halides is 2. The van der Waals surface area contributed by atoms with Crippen LogP contribution in [0.3, 0.4) is 0 Å². The Hall–Kier alpha value is -3.52. The molecule has 0 unspecified atom stereocenters. The van der Waals surface area contributed by atoms with E-state index in [1.54, 1.807) is 10.7 Å². The monoisotopic (exact) mass is 428 g/mol. The van der Waals surface area contributed by atoms with Crippen LogP contribution in [0.15, 0.2) is 60.9 Å². The van der Waals surface area contributed by atoms with Crippen molar-refractivity contribution in [2.24, 2.45) is 0 Å². The van der Waals surface area contributed by atoms with Gasteiger partial charge in [0, 0.05) is 17.4 Å². The predicted octanol–water partition coefficient (Wildman–Crippen LogP) is 5.21. The van der Waals surface area contributed by atoms with Crippen molar-refractivity contribution < 1.29 is 18.3 Å². The van der Waals surface area contributed by atoms with Gasteiger partial charge in [-0.05, 0) is 31.2 Å². The number of carbonyl (C=O) groups excluding carboxylic acids is 1. The van der Waals surface area contributed by atoms with Gasteiger partial charge in [-0.15, -0.1) is 0 Å². The van der Waals surface area contributed by atoms with Crippen LogP contribution in [0.2, 0.25) is 5.02 Å². The summed E-state index contributed by atoms with van der Waals surface area (Å²) in [6.07, 6.45) is 3.03. The van der Waals surface area contributed by atoms with Gasteiger partial charge in [-0.1, -0.05) is 41.4 Å². The van der Waals surface area contributed by atoms with Gasteiger partial charge < -0.3 is 10.1 Å². The molecule has 4 aromatic rings. The number of aromatic nitrogens is 3. The van der Waals surface area contributed by atoms with Crippen LogP contribution in [0.5, 0.6) is 5.75 Å². The first-order valence-electron chi connectivity index (χ1n) is 8.88. The summed E-state index contributed by atoms with van der Waals surface area (Å²) in [7, 11) is 0. The van der Waals surface area contributed by atoms with Gasteiger partial charge in [0.2, 0.25) is 0 Å². The van der Waals surface area contributed by atoms with Gasteiger partial charge >= 0.3 is 6.61 Å². The molecule has 0 atom stereocenters. The Labute approximate surface area is 175 Å². The van der Waals surface area contributed by atoms with Gasteiger partial charge in [-0.25, -0.2) is 9.50 Å². The van der Waals surface area contributed by atoms with Crippen molar-refractivity contribution in [1.29, 1.82) is 0 Å². The molecule has 1 N–H and O–H groups in total. The number of nitrogens with zero attached hydrogens (tertiary/aromatic N) is 3. The number of benzene rings is 2. The van der Waals surface area contributed by atoms with Crippen LogP contribution in [-0.4, -0.2) is 27.1 Å². The molecule has 0 radical (unpaired) electrons. The molecule has 9 heteroatoms. The lowest BCUT2D eigenvalue weighted by Gasteiger charge is -2.09. The van der Waals surface area contributed by atoms with E-state index in [9.17, 15) is 13.6 Å². The second kappa shape index (κ2) is 8.08. The molecule has 152 valence electrons. The van der Waals surface area contributed by atoms with Crippen molar-refractivity contribution in [2.75, 3.05) is 5.32 Å². The number of fused-ring (bicyclic) bond motifs is 1. The van der Waals surface area contributed by atoms with Crippen LogP contribution >= 0.6 is 11.6 Å². The zero-order valence-corrected chi connectivity index (χ0v) is 16.4. The number of hydrogen-bond acceptors (Lipinski definition) is 4. The molecule has 1 amide bonds. The number of hydrogen-bond donors (Lipinski definition) is 1. The minimum absolute atomic E-state index is 0.0484. The average Bonchev–Trinajstić information content (AvgIpc) is 3.15. The molecule has 0 aliphatic rings. The molecule has 0 aliphatic carbocycles. The third kappa shape index (κ3) is 3.95. The third-order valence-corrected chi connectivity index (χ3v) is 4.69. The number of rotatable bonds is 5. The molecule has 0 aliphatic heterocycles. The lowest BCUT2D eigenvalue weighted by atomic mass is 10.1. The van der Waals surface area contributed by atoms with E-state index in [0.29, 0.717) is 11.3 Å². The molecule has 0 fully saturated rings. The minimum atomic E-state index is -2.99. The number of nitrogens with one attached hydrogen (secondary N) is 1. The summed E-state index contributed by atoms with van der Waals surface area (Å²) >= 11 is 5.94. The van der Waals surface area contributed by atoms with E-state index in [1.165, 1.54) is 24.4 Å². The summed E-state index contributed by atoms with van der Waals surface area (Å²) in [5.41, 5.74) is 3.82. The van der Waals surface area contributed by atoms with Crippen LogP contribution in [0, 0.1) is 6.92 Å². The standard InChI is InChI=1S/C21H15ClF2N4O2/c1-12-2-4-13(5-3-12)17-8-9-25-19-15(11-26-28(17)19)20(29)27-14-6-7-18(16(22)10-14)30-21(23)24/h2-11,21H,1H3,(H,27,29). The third-order valence-electron chi connectivity index (χ3n) is 4.40. The largest absolute Gasteiger partial charge is 0.433 e. The normalized spacial score (nSPS) is 11.1. The lowest BCUT2D eigenvalue weighted by molar-refractivity contribution is -0.0497. The Kier molecular flexibility index (Phi) is 5.33. The number of halogens is 3. The van der Waals surface area contributed by atoms with E-state index in [1.807, 2.05) is 37.3 Å². The van der Waals surface area contributed by atoms with Gasteiger partial charge in [0.1, 0.15) is 11.3 Å². The zero-order valence-electron chi connectivity index (χ0n) is 15.6. The highest BCUT2D eigenvalue weighted by Gasteiger charge is 2.17. The molecule has 2 aromatic carbocycles. The van der Waals surface area contributed by atoms with Crippen molar-refractivity contribution in [3.05, 3.63) is 77.1 Å². The van der Waals surface area contributed by atoms with E-state index < -0.39 is 12.5 Å². The Balaban J connectivity index is 1.62. The first-order valence-corrected chi connectivity index (χ1v) is 9.25. The summed E-state index contributed by atoms with van der Waals surface area (Å²) in [4.78, 5) is 17.0. The topological polar surface area (TPSA) is 68.5 Å². The molecule has 0 bridgehead atoms. The molecule has 6 nitrogen and oxygen atoms in total. The number of amides is 1. The summed E-state index contributed by atoms with van der Waals surface area (Å²) in [5, 5.41) is 6.92. The van der Waals surface area contributed by atoms with Gasteiger partial charge in [-0.3, -0.25) is 4.79 Å². The zero-order chi connectivity index (χ0) is 21.3. The Morgan fingerprint density at radius 2 is 1.93 bits per heavy atom. The number of ether oxygens (including phenoxy) is 1. The van der Waals surface area contributed by atoms with Crippen molar-refractivity contribution in [1.82, 2.24) is 14.6 Å². The quantitative estimate of drug-likeness (QED) is 0.473. The molecule has 0 spiro atoms. The first kappa shape index (κ1) is 19.8. The fourth-order valence-corrected chi connectivity index (χ4v) is 3.19.